The van der Waals surface area contributed by atoms with E-state index in [1.165, 1.54) is 25.7 Å². The monoisotopic (exact) mass is 160 g/mol. The lowest BCUT2D eigenvalue weighted by Crippen LogP contribution is -2.00. The Hall–Kier alpha value is 0.150. The lowest BCUT2D eigenvalue weighted by molar-refractivity contribution is 0.462. The first-order valence-corrected chi connectivity index (χ1v) is 5.66. The minimum Gasteiger partial charge on any atom is -0.260 e. The van der Waals surface area contributed by atoms with Gasteiger partial charge in [0.1, 0.15) is 0 Å². The zero-order valence-electron chi connectivity index (χ0n) is 6.64. The summed E-state index contributed by atoms with van der Waals surface area (Å²) in [6.07, 6.45) is 4.97. The third-order valence-corrected chi connectivity index (χ3v) is 3.75. The Morgan fingerprint density at radius 1 is 1.40 bits per heavy atom. The van der Waals surface area contributed by atoms with Gasteiger partial charge in [-0.15, -0.1) is 0 Å². The molecule has 60 valence electrons. The fourth-order valence-corrected chi connectivity index (χ4v) is 2.77. The molecular weight excluding hydrogens is 144 g/mol. The molecule has 0 aromatic heterocycles. The highest BCUT2D eigenvalue weighted by atomic mass is 32.2. The van der Waals surface area contributed by atoms with Gasteiger partial charge in [0.05, 0.1) is 0 Å². The van der Waals surface area contributed by atoms with Crippen LogP contribution < -0.4 is 0 Å². The Balaban J connectivity index is 2.33. The Bertz CT molecular complexity index is 122. The molecule has 1 saturated heterocycles. The van der Waals surface area contributed by atoms with Crippen LogP contribution in [0.5, 0.6) is 0 Å². The fourth-order valence-electron chi connectivity index (χ4n) is 1.49. The van der Waals surface area contributed by atoms with E-state index in [1.807, 2.05) is 0 Å². The van der Waals surface area contributed by atoms with Gasteiger partial charge in [-0.1, -0.05) is 13.3 Å². The predicted octanol–water partition coefficient (Wildman–Crippen LogP) is 1.95. The minimum atomic E-state index is -0.480. The fraction of sp³-hybridized carbons (Fsp3) is 1.00. The number of hydrogen-bond donors (Lipinski definition) is 0. The molecule has 0 aromatic rings. The van der Waals surface area contributed by atoms with Crippen molar-refractivity contribution in [1.29, 1.82) is 0 Å². The molecule has 1 heterocycles. The standard InChI is InChI=1S/C8H16OS/c1-2-8-4-3-6-10(9)7-5-8/h8H,2-7H2,1H3. The molecule has 0 aliphatic carbocycles. The van der Waals surface area contributed by atoms with Crippen molar-refractivity contribution in [3.63, 3.8) is 0 Å². The van der Waals surface area contributed by atoms with Crippen molar-refractivity contribution in [2.45, 2.75) is 32.6 Å². The first-order chi connectivity index (χ1) is 4.83. The highest BCUT2D eigenvalue weighted by Gasteiger charge is 2.13. The zero-order valence-corrected chi connectivity index (χ0v) is 7.45. The summed E-state index contributed by atoms with van der Waals surface area (Å²) in [5.41, 5.74) is 0. The Labute approximate surface area is 65.7 Å². The zero-order chi connectivity index (χ0) is 7.40. The summed E-state index contributed by atoms with van der Waals surface area (Å²) in [6, 6.07) is 0. The summed E-state index contributed by atoms with van der Waals surface area (Å²) in [6.45, 7) is 2.24. The first-order valence-electron chi connectivity index (χ1n) is 4.18. The van der Waals surface area contributed by atoms with E-state index in [0.717, 1.165) is 17.4 Å². The third kappa shape index (κ3) is 2.41. The summed E-state index contributed by atoms with van der Waals surface area (Å²) in [5, 5.41) is 0. The van der Waals surface area contributed by atoms with E-state index in [9.17, 15) is 4.21 Å². The first kappa shape index (κ1) is 8.25. The minimum absolute atomic E-state index is 0.480. The summed E-state index contributed by atoms with van der Waals surface area (Å²) in [4.78, 5) is 0. The highest BCUT2D eigenvalue weighted by Crippen LogP contribution is 2.19. The van der Waals surface area contributed by atoms with Gasteiger partial charge >= 0.3 is 0 Å². The molecule has 0 bridgehead atoms. The van der Waals surface area contributed by atoms with Gasteiger partial charge in [-0.2, -0.15) is 0 Å². The van der Waals surface area contributed by atoms with Crippen LogP contribution >= 0.6 is 0 Å². The molecule has 0 saturated carbocycles. The molecule has 1 fully saturated rings. The van der Waals surface area contributed by atoms with Crippen molar-refractivity contribution in [3.05, 3.63) is 0 Å². The number of rotatable bonds is 1. The van der Waals surface area contributed by atoms with Gasteiger partial charge in [-0.05, 0) is 25.2 Å². The van der Waals surface area contributed by atoms with E-state index >= 15 is 0 Å². The summed E-state index contributed by atoms with van der Waals surface area (Å²) >= 11 is 0. The second-order valence-electron chi connectivity index (χ2n) is 3.05. The smallest absolute Gasteiger partial charge is 0.0237 e. The SMILES string of the molecule is CCC1CCCS(=O)CC1. The quantitative estimate of drug-likeness (QED) is 0.573. The molecule has 0 spiro atoms. The summed E-state index contributed by atoms with van der Waals surface area (Å²) < 4.78 is 11.1. The van der Waals surface area contributed by atoms with E-state index in [4.69, 9.17) is 0 Å². The Kier molecular flexibility index (Phi) is 3.40. The van der Waals surface area contributed by atoms with Crippen LogP contribution in [0, 0.1) is 5.92 Å². The van der Waals surface area contributed by atoms with Crippen LogP contribution in [-0.4, -0.2) is 15.7 Å². The predicted molar refractivity (Wildman–Crippen MR) is 45.5 cm³/mol. The van der Waals surface area contributed by atoms with E-state index in [2.05, 4.69) is 6.92 Å². The van der Waals surface area contributed by atoms with Gasteiger partial charge in [-0.3, -0.25) is 4.21 Å². The van der Waals surface area contributed by atoms with Crippen LogP contribution in [0.25, 0.3) is 0 Å². The van der Waals surface area contributed by atoms with Gasteiger partial charge in [-0.25, -0.2) is 0 Å². The molecule has 0 aromatic carbocycles. The Morgan fingerprint density at radius 2 is 2.20 bits per heavy atom. The average molecular weight is 160 g/mol. The molecule has 10 heavy (non-hydrogen) atoms. The molecule has 1 nitrogen and oxygen atoms in total. The molecular formula is C8H16OS. The van der Waals surface area contributed by atoms with Gasteiger partial charge in [0.25, 0.3) is 0 Å². The number of hydrogen-bond acceptors (Lipinski definition) is 1. The summed E-state index contributed by atoms with van der Waals surface area (Å²) in [7, 11) is -0.480. The maximum Gasteiger partial charge on any atom is 0.0237 e. The average Bonchev–Trinajstić information content (AvgIpc) is 2.14. The van der Waals surface area contributed by atoms with Crippen LogP contribution in [0.15, 0.2) is 0 Å². The van der Waals surface area contributed by atoms with Crippen molar-refractivity contribution >= 4 is 10.8 Å². The van der Waals surface area contributed by atoms with Gasteiger partial charge in [0.15, 0.2) is 0 Å². The van der Waals surface area contributed by atoms with Crippen molar-refractivity contribution < 1.29 is 4.21 Å². The van der Waals surface area contributed by atoms with E-state index in [1.54, 1.807) is 0 Å². The molecule has 1 aliphatic heterocycles. The van der Waals surface area contributed by atoms with E-state index < -0.39 is 10.8 Å². The van der Waals surface area contributed by atoms with Gasteiger partial charge in [0.2, 0.25) is 0 Å². The molecule has 1 rings (SSSR count). The molecule has 2 atom stereocenters. The maximum atomic E-state index is 11.1. The molecule has 0 N–H and O–H groups in total. The molecule has 2 heteroatoms. The van der Waals surface area contributed by atoms with Crippen LogP contribution in [-0.2, 0) is 10.8 Å². The normalized spacial score (nSPS) is 35.3. The Morgan fingerprint density at radius 3 is 2.90 bits per heavy atom. The second-order valence-corrected chi connectivity index (χ2v) is 4.75. The van der Waals surface area contributed by atoms with E-state index in [-0.39, 0.29) is 0 Å². The van der Waals surface area contributed by atoms with Crippen molar-refractivity contribution in [3.8, 4) is 0 Å². The molecule has 0 radical (unpaired) electrons. The lowest BCUT2D eigenvalue weighted by Gasteiger charge is -2.07. The summed E-state index contributed by atoms with van der Waals surface area (Å²) in [5.74, 6) is 2.78. The van der Waals surface area contributed by atoms with Gasteiger partial charge in [0, 0.05) is 22.3 Å². The molecule has 0 amide bonds. The topological polar surface area (TPSA) is 17.1 Å². The second kappa shape index (κ2) is 4.12. The van der Waals surface area contributed by atoms with Crippen molar-refractivity contribution in [2.24, 2.45) is 5.92 Å². The van der Waals surface area contributed by atoms with Crippen LogP contribution in [0.3, 0.4) is 0 Å². The van der Waals surface area contributed by atoms with E-state index in [0.29, 0.717) is 0 Å². The lowest BCUT2D eigenvalue weighted by atomic mass is 9.98. The van der Waals surface area contributed by atoms with Gasteiger partial charge < -0.3 is 0 Å². The van der Waals surface area contributed by atoms with Crippen molar-refractivity contribution in [2.75, 3.05) is 11.5 Å². The maximum absolute atomic E-state index is 11.1. The largest absolute Gasteiger partial charge is 0.260 e. The van der Waals surface area contributed by atoms with Crippen molar-refractivity contribution in [1.82, 2.24) is 0 Å². The third-order valence-electron chi connectivity index (χ3n) is 2.32. The van der Waals surface area contributed by atoms with Crippen LogP contribution in [0.2, 0.25) is 0 Å². The van der Waals surface area contributed by atoms with Crippen LogP contribution in [0.4, 0.5) is 0 Å². The van der Waals surface area contributed by atoms with Crippen LogP contribution in [0.1, 0.15) is 32.6 Å². The molecule has 2 unspecified atom stereocenters. The molecule has 1 aliphatic rings. The highest BCUT2D eigenvalue weighted by molar-refractivity contribution is 7.84.